The van der Waals surface area contributed by atoms with Crippen LogP contribution >= 0.6 is 0 Å². The molecule has 0 aliphatic carbocycles. The first-order valence-electron chi connectivity index (χ1n) is 8.50. The lowest BCUT2D eigenvalue weighted by molar-refractivity contribution is -0.885. The summed E-state index contributed by atoms with van der Waals surface area (Å²) in [6.45, 7) is -1.33. The maximum atomic E-state index is 12.2. The molecule has 2 aromatic carbocycles. The standard InChI is InChI=1S/C19H20F2N2O4/c1-23(10-13-2-5-15(6-3-13)27-19(20)21)11-18(24)22-9-14-4-7-16-17(8-14)26-12-25-16/h2-8,19H,9-12H2,1H3,(H,22,24)/p+1. The Labute approximate surface area is 155 Å². The predicted molar refractivity (Wildman–Crippen MR) is 92.9 cm³/mol. The fourth-order valence-corrected chi connectivity index (χ4v) is 2.79. The Kier molecular flexibility index (Phi) is 6.08. The lowest BCUT2D eigenvalue weighted by atomic mass is 10.2. The van der Waals surface area contributed by atoms with Crippen LogP contribution in [-0.4, -0.2) is 32.9 Å². The zero-order chi connectivity index (χ0) is 19.2. The van der Waals surface area contributed by atoms with Crippen LogP contribution in [0.25, 0.3) is 0 Å². The van der Waals surface area contributed by atoms with E-state index in [1.54, 1.807) is 12.1 Å². The Morgan fingerprint density at radius 1 is 1.15 bits per heavy atom. The number of fused-ring (bicyclic) bond motifs is 1. The van der Waals surface area contributed by atoms with Crippen molar-refractivity contribution in [3.63, 3.8) is 0 Å². The van der Waals surface area contributed by atoms with Gasteiger partial charge in [-0.15, -0.1) is 0 Å². The van der Waals surface area contributed by atoms with Gasteiger partial charge in [-0.05, 0) is 42.0 Å². The third-order valence-electron chi connectivity index (χ3n) is 4.04. The molecule has 0 saturated heterocycles. The van der Waals surface area contributed by atoms with Crippen molar-refractivity contribution in [2.24, 2.45) is 0 Å². The molecule has 1 amide bonds. The van der Waals surface area contributed by atoms with Crippen molar-refractivity contribution in [1.82, 2.24) is 5.32 Å². The van der Waals surface area contributed by atoms with Gasteiger partial charge in [-0.25, -0.2) is 0 Å². The maximum absolute atomic E-state index is 12.2. The highest BCUT2D eigenvalue weighted by Gasteiger charge is 2.15. The number of likely N-dealkylation sites (N-methyl/N-ethyl adjacent to an activating group) is 1. The summed E-state index contributed by atoms with van der Waals surface area (Å²) in [5.74, 6) is 1.43. The molecule has 2 aromatic rings. The highest BCUT2D eigenvalue weighted by molar-refractivity contribution is 5.76. The highest BCUT2D eigenvalue weighted by atomic mass is 19.3. The molecular weight excluding hydrogens is 358 g/mol. The van der Waals surface area contributed by atoms with Gasteiger partial charge in [0.2, 0.25) is 6.79 Å². The number of carbonyl (C=O) groups is 1. The summed E-state index contributed by atoms with van der Waals surface area (Å²) < 4.78 is 39.2. The number of rotatable bonds is 8. The van der Waals surface area contributed by atoms with Crippen molar-refractivity contribution in [1.29, 1.82) is 0 Å². The van der Waals surface area contributed by atoms with Crippen LogP contribution in [0.4, 0.5) is 8.78 Å². The molecule has 3 rings (SSSR count). The van der Waals surface area contributed by atoms with Gasteiger partial charge in [0, 0.05) is 12.1 Å². The Balaban J connectivity index is 1.43. The molecule has 0 aromatic heterocycles. The molecule has 0 fully saturated rings. The third-order valence-corrected chi connectivity index (χ3v) is 4.04. The number of hydrogen-bond acceptors (Lipinski definition) is 4. The van der Waals surface area contributed by atoms with Gasteiger partial charge < -0.3 is 24.4 Å². The Hall–Kier alpha value is -2.87. The minimum absolute atomic E-state index is 0.0807. The summed E-state index contributed by atoms with van der Waals surface area (Å²) in [5.41, 5.74) is 1.86. The molecule has 144 valence electrons. The number of quaternary nitrogens is 1. The summed E-state index contributed by atoms with van der Waals surface area (Å²) in [5, 5.41) is 2.88. The van der Waals surface area contributed by atoms with Crippen LogP contribution in [0, 0.1) is 0 Å². The van der Waals surface area contributed by atoms with Crippen molar-refractivity contribution in [2.45, 2.75) is 19.7 Å². The molecule has 6 nitrogen and oxygen atoms in total. The molecule has 27 heavy (non-hydrogen) atoms. The van der Waals surface area contributed by atoms with Crippen molar-refractivity contribution < 1.29 is 32.7 Å². The number of amides is 1. The van der Waals surface area contributed by atoms with E-state index >= 15 is 0 Å². The minimum atomic E-state index is -2.84. The monoisotopic (exact) mass is 379 g/mol. The van der Waals surface area contributed by atoms with Gasteiger partial charge in [0.05, 0.1) is 7.05 Å². The SMILES string of the molecule is C[NH+](CC(=O)NCc1ccc2c(c1)OCO2)Cc1ccc(OC(F)F)cc1. The minimum Gasteiger partial charge on any atom is -0.454 e. The molecule has 1 heterocycles. The number of halogens is 2. The van der Waals surface area contributed by atoms with Crippen LogP contribution in [0.3, 0.4) is 0 Å². The average molecular weight is 379 g/mol. The van der Waals surface area contributed by atoms with E-state index in [4.69, 9.17) is 9.47 Å². The summed E-state index contributed by atoms with van der Waals surface area (Å²) >= 11 is 0. The van der Waals surface area contributed by atoms with E-state index in [-0.39, 0.29) is 18.4 Å². The van der Waals surface area contributed by atoms with Crippen LogP contribution in [0.15, 0.2) is 42.5 Å². The first kappa shape index (κ1) is 18.9. The van der Waals surface area contributed by atoms with Crippen molar-refractivity contribution in [3.8, 4) is 17.2 Å². The van der Waals surface area contributed by atoms with E-state index in [2.05, 4.69) is 10.1 Å². The lowest BCUT2D eigenvalue weighted by Gasteiger charge is -2.14. The quantitative estimate of drug-likeness (QED) is 0.727. The van der Waals surface area contributed by atoms with Crippen LogP contribution in [-0.2, 0) is 17.9 Å². The van der Waals surface area contributed by atoms with Crippen LogP contribution in [0.1, 0.15) is 11.1 Å². The largest absolute Gasteiger partial charge is 0.454 e. The zero-order valence-electron chi connectivity index (χ0n) is 14.8. The second kappa shape index (κ2) is 8.68. The molecule has 0 spiro atoms. The smallest absolute Gasteiger partial charge is 0.387 e. The lowest BCUT2D eigenvalue weighted by Crippen LogP contribution is -3.08. The van der Waals surface area contributed by atoms with Crippen LogP contribution < -0.4 is 24.4 Å². The van der Waals surface area contributed by atoms with Crippen LogP contribution in [0.2, 0.25) is 0 Å². The highest BCUT2D eigenvalue weighted by Crippen LogP contribution is 2.32. The van der Waals surface area contributed by atoms with Crippen LogP contribution in [0.5, 0.6) is 17.2 Å². The van der Waals surface area contributed by atoms with E-state index in [0.29, 0.717) is 31.1 Å². The van der Waals surface area contributed by atoms with Crippen molar-refractivity contribution >= 4 is 5.91 Å². The van der Waals surface area contributed by atoms with Gasteiger partial charge in [-0.1, -0.05) is 6.07 Å². The summed E-state index contributed by atoms with van der Waals surface area (Å²) in [4.78, 5) is 13.1. The van der Waals surface area contributed by atoms with Gasteiger partial charge in [0.15, 0.2) is 18.0 Å². The number of ether oxygens (including phenoxy) is 3. The number of nitrogens with one attached hydrogen (secondary N) is 2. The second-order valence-corrected chi connectivity index (χ2v) is 6.30. The maximum Gasteiger partial charge on any atom is 0.387 e. The molecular formula is C19H21F2N2O4+. The third kappa shape index (κ3) is 5.55. The zero-order valence-corrected chi connectivity index (χ0v) is 14.8. The molecule has 0 bridgehead atoms. The predicted octanol–water partition coefficient (Wildman–Crippen LogP) is 1.35. The fourth-order valence-electron chi connectivity index (χ4n) is 2.79. The van der Waals surface area contributed by atoms with E-state index in [1.807, 2.05) is 25.2 Å². The fraction of sp³-hybridized carbons (Fsp3) is 0.316. The average Bonchev–Trinajstić information content (AvgIpc) is 3.09. The molecule has 1 unspecified atom stereocenters. The first-order chi connectivity index (χ1) is 13.0. The number of carbonyl (C=O) groups excluding carboxylic acids is 1. The second-order valence-electron chi connectivity index (χ2n) is 6.30. The van der Waals surface area contributed by atoms with Crippen molar-refractivity contribution in [2.75, 3.05) is 20.4 Å². The molecule has 8 heteroatoms. The summed E-state index contributed by atoms with van der Waals surface area (Å²) in [6, 6.07) is 12.0. The number of hydrogen-bond donors (Lipinski definition) is 2. The topological polar surface area (TPSA) is 61.2 Å². The van der Waals surface area contributed by atoms with E-state index in [0.717, 1.165) is 16.0 Å². The first-order valence-corrected chi connectivity index (χ1v) is 8.50. The van der Waals surface area contributed by atoms with Gasteiger partial charge >= 0.3 is 6.61 Å². The molecule has 1 aliphatic heterocycles. The van der Waals surface area contributed by atoms with E-state index in [9.17, 15) is 13.6 Å². The Morgan fingerprint density at radius 2 is 1.85 bits per heavy atom. The number of benzene rings is 2. The van der Waals surface area contributed by atoms with Crippen molar-refractivity contribution in [3.05, 3.63) is 53.6 Å². The van der Waals surface area contributed by atoms with Gasteiger partial charge in [-0.2, -0.15) is 8.78 Å². The molecule has 0 saturated carbocycles. The molecule has 2 N–H and O–H groups in total. The Morgan fingerprint density at radius 3 is 2.59 bits per heavy atom. The molecule has 0 radical (unpaired) electrons. The molecule has 1 aliphatic rings. The molecule has 1 atom stereocenters. The van der Waals surface area contributed by atoms with E-state index < -0.39 is 6.61 Å². The summed E-state index contributed by atoms with van der Waals surface area (Å²) in [6.07, 6.45) is 0. The number of alkyl halides is 2. The normalized spacial score (nSPS) is 13.5. The summed E-state index contributed by atoms with van der Waals surface area (Å²) in [7, 11) is 1.89. The van der Waals surface area contributed by atoms with Gasteiger partial charge in [0.1, 0.15) is 12.3 Å². The van der Waals surface area contributed by atoms with E-state index in [1.165, 1.54) is 12.1 Å². The van der Waals surface area contributed by atoms with Gasteiger partial charge in [0.25, 0.3) is 5.91 Å². The van der Waals surface area contributed by atoms with Gasteiger partial charge in [-0.3, -0.25) is 4.79 Å². The Bertz CT molecular complexity index is 784.